The van der Waals surface area contributed by atoms with Crippen LogP contribution in [0.5, 0.6) is 5.75 Å². The zero-order chi connectivity index (χ0) is 13.8. The predicted octanol–water partition coefficient (Wildman–Crippen LogP) is 3.78. The first-order valence-electron chi connectivity index (χ1n) is 6.07. The van der Waals surface area contributed by atoms with E-state index in [1.54, 1.807) is 13.1 Å². The van der Waals surface area contributed by atoms with Crippen molar-refractivity contribution in [3.63, 3.8) is 0 Å². The summed E-state index contributed by atoms with van der Waals surface area (Å²) >= 11 is 3.39. The highest BCUT2D eigenvalue weighted by atomic mass is 79.9. The van der Waals surface area contributed by atoms with E-state index in [-0.39, 0.29) is 0 Å². The number of nitrogens with zero attached hydrogens (tertiary/aromatic N) is 1. The Bertz CT molecular complexity index is 570. The molecule has 0 fully saturated rings. The molecule has 2 rings (SSSR count). The highest BCUT2D eigenvalue weighted by Crippen LogP contribution is 2.29. The van der Waals surface area contributed by atoms with Crippen molar-refractivity contribution in [3.05, 3.63) is 57.8 Å². The summed E-state index contributed by atoms with van der Waals surface area (Å²) in [7, 11) is 0. The summed E-state index contributed by atoms with van der Waals surface area (Å²) in [6, 6.07) is 7.66. The lowest BCUT2D eigenvalue weighted by Gasteiger charge is -2.14. The van der Waals surface area contributed by atoms with Gasteiger partial charge in [-0.05, 0) is 43.7 Å². The normalized spacial score (nSPS) is 12.2. The summed E-state index contributed by atoms with van der Waals surface area (Å²) in [5.41, 5.74) is 2.89. The molecule has 1 heterocycles. The molecule has 19 heavy (non-hydrogen) atoms. The van der Waals surface area contributed by atoms with Crippen molar-refractivity contribution in [2.24, 2.45) is 0 Å². The van der Waals surface area contributed by atoms with E-state index in [0.717, 1.165) is 21.2 Å². The Morgan fingerprint density at radius 1 is 1.32 bits per heavy atom. The minimum absolute atomic E-state index is 0.441. The van der Waals surface area contributed by atoms with Crippen LogP contribution in [0.1, 0.15) is 29.7 Å². The number of benzene rings is 1. The van der Waals surface area contributed by atoms with E-state index in [0.29, 0.717) is 12.4 Å². The zero-order valence-electron chi connectivity index (χ0n) is 10.9. The second-order valence-corrected chi connectivity index (χ2v) is 5.43. The third kappa shape index (κ3) is 3.78. The van der Waals surface area contributed by atoms with Crippen molar-refractivity contribution in [1.29, 1.82) is 0 Å². The number of pyridine rings is 1. The van der Waals surface area contributed by atoms with Crippen molar-refractivity contribution < 1.29 is 9.84 Å². The Morgan fingerprint density at radius 2 is 2.11 bits per heavy atom. The number of aliphatic hydroxyl groups is 1. The molecular weight excluding hydrogens is 306 g/mol. The SMILES string of the molecule is Cc1cncc(COc2ccc(Br)cc2[C@H](C)O)c1. The maximum Gasteiger partial charge on any atom is 0.125 e. The Kier molecular flexibility index (Phi) is 4.56. The maximum absolute atomic E-state index is 9.76. The van der Waals surface area contributed by atoms with Gasteiger partial charge in [-0.25, -0.2) is 0 Å². The highest BCUT2D eigenvalue weighted by Gasteiger charge is 2.10. The van der Waals surface area contributed by atoms with E-state index in [2.05, 4.69) is 20.9 Å². The average molecular weight is 322 g/mol. The van der Waals surface area contributed by atoms with Gasteiger partial charge in [0.2, 0.25) is 0 Å². The van der Waals surface area contributed by atoms with Crippen LogP contribution in [0.4, 0.5) is 0 Å². The molecular formula is C15H16BrNO2. The van der Waals surface area contributed by atoms with Gasteiger partial charge >= 0.3 is 0 Å². The molecule has 0 aliphatic rings. The van der Waals surface area contributed by atoms with Crippen LogP contribution in [0.2, 0.25) is 0 Å². The zero-order valence-corrected chi connectivity index (χ0v) is 12.5. The Labute approximate surface area is 121 Å². The number of halogens is 1. The quantitative estimate of drug-likeness (QED) is 0.931. The van der Waals surface area contributed by atoms with Gasteiger partial charge in [-0.1, -0.05) is 15.9 Å². The molecule has 0 bridgehead atoms. The molecule has 0 amide bonds. The van der Waals surface area contributed by atoms with Crippen LogP contribution in [-0.2, 0) is 6.61 Å². The van der Waals surface area contributed by atoms with E-state index >= 15 is 0 Å². The molecule has 4 heteroatoms. The van der Waals surface area contributed by atoms with Gasteiger partial charge in [-0.3, -0.25) is 4.98 Å². The van der Waals surface area contributed by atoms with Gasteiger partial charge in [0, 0.05) is 28.0 Å². The van der Waals surface area contributed by atoms with Gasteiger partial charge in [0.15, 0.2) is 0 Å². The summed E-state index contributed by atoms with van der Waals surface area (Å²) in [5.74, 6) is 0.694. The molecule has 1 aromatic heterocycles. The van der Waals surface area contributed by atoms with Crippen molar-refractivity contribution in [2.45, 2.75) is 26.6 Å². The summed E-state index contributed by atoms with van der Waals surface area (Å²) in [5, 5.41) is 9.76. The van der Waals surface area contributed by atoms with E-state index in [9.17, 15) is 5.11 Å². The topological polar surface area (TPSA) is 42.4 Å². The van der Waals surface area contributed by atoms with E-state index < -0.39 is 6.10 Å². The van der Waals surface area contributed by atoms with Gasteiger partial charge in [0.25, 0.3) is 0 Å². The Hall–Kier alpha value is -1.39. The molecule has 2 aromatic rings. The van der Waals surface area contributed by atoms with Gasteiger partial charge in [-0.2, -0.15) is 0 Å². The first-order valence-corrected chi connectivity index (χ1v) is 6.86. The summed E-state index contributed by atoms with van der Waals surface area (Å²) < 4.78 is 6.70. The molecule has 1 atom stereocenters. The second-order valence-electron chi connectivity index (χ2n) is 4.52. The molecule has 0 spiro atoms. The lowest BCUT2D eigenvalue weighted by molar-refractivity contribution is 0.190. The molecule has 3 nitrogen and oxygen atoms in total. The minimum Gasteiger partial charge on any atom is -0.488 e. The number of aryl methyl sites for hydroxylation is 1. The molecule has 0 aliphatic carbocycles. The van der Waals surface area contributed by atoms with Gasteiger partial charge in [0.05, 0.1) is 6.10 Å². The van der Waals surface area contributed by atoms with Gasteiger partial charge in [0.1, 0.15) is 12.4 Å². The molecule has 0 radical (unpaired) electrons. The number of hydrogen-bond acceptors (Lipinski definition) is 3. The molecule has 0 saturated carbocycles. The lowest BCUT2D eigenvalue weighted by Crippen LogP contribution is -2.01. The van der Waals surface area contributed by atoms with Crippen LogP contribution in [0.15, 0.2) is 41.1 Å². The fraction of sp³-hybridized carbons (Fsp3) is 0.267. The van der Waals surface area contributed by atoms with Crippen LogP contribution in [0.25, 0.3) is 0 Å². The molecule has 100 valence electrons. The number of aromatic nitrogens is 1. The highest BCUT2D eigenvalue weighted by molar-refractivity contribution is 9.10. The fourth-order valence-corrected chi connectivity index (χ4v) is 2.21. The molecule has 1 N–H and O–H groups in total. The van der Waals surface area contributed by atoms with Crippen LogP contribution in [0, 0.1) is 6.92 Å². The van der Waals surface area contributed by atoms with Crippen LogP contribution < -0.4 is 4.74 Å². The van der Waals surface area contributed by atoms with Crippen LogP contribution >= 0.6 is 15.9 Å². The first kappa shape index (κ1) is 14.0. The number of hydrogen-bond donors (Lipinski definition) is 1. The van der Waals surface area contributed by atoms with Crippen molar-refractivity contribution in [2.75, 3.05) is 0 Å². The van der Waals surface area contributed by atoms with Gasteiger partial charge < -0.3 is 9.84 Å². The van der Waals surface area contributed by atoms with Crippen molar-refractivity contribution in [1.82, 2.24) is 4.98 Å². The summed E-state index contributed by atoms with van der Waals surface area (Å²) in [4.78, 5) is 4.13. The van der Waals surface area contributed by atoms with Crippen LogP contribution in [-0.4, -0.2) is 10.1 Å². The average Bonchev–Trinajstić information content (AvgIpc) is 2.37. The lowest BCUT2D eigenvalue weighted by atomic mass is 10.1. The van der Waals surface area contributed by atoms with E-state index in [1.165, 1.54) is 0 Å². The molecule has 1 aromatic carbocycles. The number of rotatable bonds is 4. The first-order chi connectivity index (χ1) is 9.06. The predicted molar refractivity (Wildman–Crippen MR) is 78.1 cm³/mol. The van der Waals surface area contributed by atoms with Gasteiger partial charge in [-0.15, -0.1) is 0 Å². The number of ether oxygens (including phenoxy) is 1. The molecule has 0 saturated heterocycles. The minimum atomic E-state index is -0.567. The largest absolute Gasteiger partial charge is 0.488 e. The van der Waals surface area contributed by atoms with E-state index in [1.807, 2.05) is 37.4 Å². The maximum atomic E-state index is 9.76. The third-order valence-electron chi connectivity index (χ3n) is 2.75. The molecule has 0 aliphatic heterocycles. The van der Waals surface area contributed by atoms with Crippen LogP contribution in [0.3, 0.4) is 0 Å². The Morgan fingerprint density at radius 3 is 2.79 bits per heavy atom. The fourth-order valence-electron chi connectivity index (χ4n) is 1.83. The smallest absolute Gasteiger partial charge is 0.125 e. The monoisotopic (exact) mass is 321 g/mol. The summed E-state index contributed by atoms with van der Waals surface area (Å²) in [6.45, 7) is 4.16. The summed E-state index contributed by atoms with van der Waals surface area (Å²) in [6.07, 6.45) is 3.03. The van der Waals surface area contributed by atoms with Crippen molar-refractivity contribution in [3.8, 4) is 5.75 Å². The molecule has 0 unspecified atom stereocenters. The van der Waals surface area contributed by atoms with Crippen molar-refractivity contribution >= 4 is 15.9 Å². The third-order valence-corrected chi connectivity index (χ3v) is 3.24. The second kappa shape index (κ2) is 6.17. The standard InChI is InChI=1S/C15H16BrNO2/c1-10-5-12(8-17-7-10)9-19-15-4-3-13(16)6-14(15)11(2)18/h3-8,11,18H,9H2,1-2H3/t11-/m0/s1. The number of aliphatic hydroxyl groups excluding tert-OH is 1. The Balaban J connectivity index is 2.15. The van der Waals surface area contributed by atoms with E-state index in [4.69, 9.17) is 4.74 Å².